The lowest BCUT2D eigenvalue weighted by Crippen LogP contribution is -2.28. The maximum Gasteiger partial charge on any atom is 0.101 e. The molecule has 2 N–H and O–H groups in total. The molecule has 110 valence electrons. The molecular weight excluding hydrogens is 246 g/mol. The highest BCUT2D eigenvalue weighted by atomic mass is 15.1. The van der Waals surface area contributed by atoms with Crippen molar-refractivity contribution in [3.05, 3.63) is 23.8 Å². The van der Waals surface area contributed by atoms with Gasteiger partial charge < -0.3 is 10.6 Å². The van der Waals surface area contributed by atoms with Gasteiger partial charge in [-0.05, 0) is 36.8 Å². The minimum absolute atomic E-state index is 0.571. The standard InChI is InChI=1S/C17H27N3/c1-13(2)8-10-20(11-9-14(3)4)16-7-5-6-15(12-18)17(16)19/h5-7,13-14H,8-11,19H2,1-4H3. The SMILES string of the molecule is CC(C)CCN(CCC(C)C)c1cccc(C#N)c1N. The maximum absolute atomic E-state index is 9.11. The van der Waals surface area contributed by atoms with E-state index in [0.717, 1.165) is 31.6 Å². The predicted octanol–water partition coefficient (Wildman–Crippen LogP) is 4.04. The van der Waals surface area contributed by atoms with Gasteiger partial charge in [0.15, 0.2) is 0 Å². The number of nitriles is 1. The Morgan fingerprint density at radius 1 is 1.10 bits per heavy atom. The molecule has 0 saturated heterocycles. The summed E-state index contributed by atoms with van der Waals surface area (Å²) in [6, 6.07) is 7.89. The number of nitrogen functional groups attached to an aromatic ring is 1. The van der Waals surface area contributed by atoms with E-state index in [0.29, 0.717) is 23.1 Å². The molecule has 0 aromatic heterocycles. The summed E-state index contributed by atoms with van der Waals surface area (Å²) in [4.78, 5) is 2.33. The lowest BCUT2D eigenvalue weighted by Gasteiger charge is -2.28. The van der Waals surface area contributed by atoms with Crippen molar-refractivity contribution >= 4 is 11.4 Å². The van der Waals surface area contributed by atoms with Crippen LogP contribution < -0.4 is 10.6 Å². The molecule has 0 aliphatic rings. The van der Waals surface area contributed by atoms with Crippen LogP contribution in [0.2, 0.25) is 0 Å². The van der Waals surface area contributed by atoms with Gasteiger partial charge in [0.2, 0.25) is 0 Å². The van der Waals surface area contributed by atoms with Crippen LogP contribution in [0.1, 0.15) is 46.1 Å². The number of benzene rings is 1. The second-order valence-corrected chi connectivity index (χ2v) is 6.20. The molecule has 1 aromatic rings. The summed E-state index contributed by atoms with van der Waals surface area (Å²) in [7, 11) is 0. The molecule has 0 aliphatic carbocycles. The molecule has 3 heteroatoms. The molecule has 1 aromatic carbocycles. The van der Waals surface area contributed by atoms with E-state index in [-0.39, 0.29) is 0 Å². The quantitative estimate of drug-likeness (QED) is 0.763. The van der Waals surface area contributed by atoms with Crippen LogP contribution in [0.3, 0.4) is 0 Å². The minimum atomic E-state index is 0.571. The molecule has 0 heterocycles. The third-order valence-electron chi connectivity index (χ3n) is 3.50. The number of para-hydroxylation sites is 1. The molecule has 0 unspecified atom stereocenters. The van der Waals surface area contributed by atoms with Crippen LogP contribution in [0.15, 0.2) is 18.2 Å². The van der Waals surface area contributed by atoms with Crippen LogP contribution in [-0.2, 0) is 0 Å². The summed E-state index contributed by atoms with van der Waals surface area (Å²) in [5, 5.41) is 9.11. The Morgan fingerprint density at radius 2 is 1.65 bits per heavy atom. The van der Waals surface area contributed by atoms with E-state index in [1.54, 1.807) is 6.07 Å². The van der Waals surface area contributed by atoms with Gasteiger partial charge in [0.25, 0.3) is 0 Å². The first-order valence-electron chi connectivity index (χ1n) is 7.49. The molecular formula is C17H27N3. The minimum Gasteiger partial charge on any atom is -0.396 e. The van der Waals surface area contributed by atoms with Crippen molar-refractivity contribution < 1.29 is 0 Å². The molecule has 0 fully saturated rings. The zero-order chi connectivity index (χ0) is 15.1. The van der Waals surface area contributed by atoms with E-state index in [4.69, 9.17) is 11.0 Å². The van der Waals surface area contributed by atoms with Gasteiger partial charge in [0.1, 0.15) is 6.07 Å². The number of hydrogen-bond donors (Lipinski definition) is 1. The molecule has 0 radical (unpaired) electrons. The largest absolute Gasteiger partial charge is 0.396 e. The van der Waals surface area contributed by atoms with Gasteiger partial charge in [0.05, 0.1) is 16.9 Å². The van der Waals surface area contributed by atoms with Gasteiger partial charge in [-0.15, -0.1) is 0 Å². The fourth-order valence-electron chi connectivity index (χ4n) is 2.11. The first kappa shape index (κ1) is 16.4. The van der Waals surface area contributed by atoms with Gasteiger partial charge in [-0.25, -0.2) is 0 Å². The Morgan fingerprint density at radius 3 is 2.10 bits per heavy atom. The van der Waals surface area contributed by atoms with Gasteiger partial charge in [-0.2, -0.15) is 5.26 Å². The third kappa shape index (κ3) is 4.77. The van der Waals surface area contributed by atoms with Crippen LogP contribution in [0, 0.1) is 23.2 Å². The number of anilines is 2. The van der Waals surface area contributed by atoms with E-state index in [1.165, 1.54) is 0 Å². The summed E-state index contributed by atoms with van der Waals surface area (Å²) in [5.41, 5.74) is 8.33. The Kier molecular flexibility index (Phi) is 6.38. The molecule has 0 amide bonds. The number of hydrogen-bond acceptors (Lipinski definition) is 3. The Hall–Kier alpha value is -1.69. The van der Waals surface area contributed by atoms with E-state index in [9.17, 15) is 0 Å². The van der Waals surface area contributed by atoms with Crippen LogP contribution in [0.25, 0.3) is 0 Å². The average molecular weight is 273 g/mol. The van der Waals surface area contributed by atoms with Gasteiger partial charge >= 0.3 is 0 Å². The molecule has 0 aliphatic heterocycles. The highest BCUT2D eigenvalue weighted by Crippen LogP contribution is 2.27. The lowest BCUT2D eigenvalue weighted by molar-refractivity contribution is 0.535. The number of nitrogens with zero attached hydrogens (tertiary/aromatic N) is 2. The van der Waals surface area contributed by atoms with Crippen molar-refractivity contribution in [1.29, 1.82) is 5.26 Å². The van der Waals surface area contributed by atoms with Gasteiger partial charge in [0, 0.05) is 13.1 Å². The molecule has 3 nitrogen and oxygen atoms in total. The van der Waals surface area contributed by atoms with Crippen molar-refractivity contribution in [2.75, 3.05) is 23.7 Å². The monoisotopic (exact) mass is 273 g/mol. The first-order chi connectivity index (χ1) is 9.45. The summed E-state index contributed by atoms with van der Waals surface area (Å²) in [6.07, 6.45) is 2.27. The first-order valence-corrected chi connectivity index (χ1v) is 7.49. The smallest absolute Gasteiger partial charge is 0.101 e. The highest BCUT2D eigenvalue weighted by molar-refractivity contribution is 5.73. The fourth-order valence-corrected chi connectivity index (χ4v) is 2.11. The van der Waals surface area contributed by atoms with Crippen LogP contribution in [0.4, 0.5) is 11.4 Å². The molecule has 0 saturated carbocycles. The maximum atomic E-state index is 9.11. The predicted molar refractivity (Wildman–Crippen MR) is 86.7 cm³/mol. The van der Waals surface area contributed by atoms with E-state index >= 15 is 0 Å². The topological polar surface area (TPSA) is 53.0 Å². The zero-order valence-corrected chi connectivity index (χ0v) is 13.2. The van der Waals surface area contributed by atoms with Gasteiger partial charge in [-0.1, -0.05) is 33.8 Å². The summed E-state index contributed by atoms with van der Waals surface area (Å²) in [6.45, 7) is 10.9. The Balaban J connectivity index is 2.94. The highest BCUT2D eigenvalue weighted by Gasteiger charge is 2.13. The molecule has 0 spiro atoms. The van der Waals surface area contributed by atoms with E-state index in [2.05, 4.69) is 38.7 Å². The lowest BCUT2D eigenvalue weighted by atomic mass is 10.1. The summed E-state index contributed by atoms with van der Waals surface area (Å²) < 4.78 is 0. The van der Waals surface area contributed by atoms with Crippen LogP contribution in [-0.4, -0.2) is 13.1 Å². The van der Waals surface area contributed by atoms with Crippen molar-refractivity contribution in [2.24, 2.45) is 11.8 Å². The van der Waals surface area contributed by atoms with E-state index in [1.807, 2.05) is 12.1 Å². The summed E-state index contributed by atoms with van der Waals surface area (Å²) in [5.74, 6) is 1.33. The molecule has 1 rings (SSSR count). The van der Waals surface area contributed by atoms with Crippen molar-refractivity contribution in [2.45, 2.75) is 40.5 Å². The molecule has 0 bridgehead atoms. The molecule has 20 heavy (non-hydrogen) atoms. The number of rotatable bonds is 7. The third-order valence-corrected chi connectivity index (χ3v) is 3.50. The van der Waals surface area contributed by atoms with Gasteiger partial charge in [-0.3, -0.25) is 0 Å². The molecule has 0 atom stereocenters. The second-order valence-electron chi connectivity index (χ2n) is 6.20. The van der Waals surface area contributed by atoms with Crippen molar-refractivity contribution in [1.82, 2.24) is 0 Å². The van der Waals surface area contributed by atoms with Crippen LogP contribution in [0.5, 0.6) is 0 Å². The Labute approximate surface area is 123 Å². The zero-order valence-electron chi connectivity index (χ0n) is 13.2. The van der Waals surface area contributed by atoms with Crippen molar-refractivity contribution in [3.63, 3.8) is 0 Å². The normalized spacial score (nSPS) is 10.8. The number of nitrogens with two attached hydrogens (primary N) is 1. The fraction of sp³-hybridized carbons (Fsp3) is 0.588. The average Bonchev–Trinajstić information content (AvgIpc) is 2.39. The summed E-state index contributed by atoms with van der Waals surface area (Å²) >= 11 is 0. The Bertz CT molecular complexity index is 446. The van der Waals surface area contributed by atoms with E-state index < -0.39 is 0 Å². The van der Waals surface area contributed by atoms with Crippen molar-refractivity contribution in [3.8, 4) is 6.07 Å². The van der Waals surface area contributed by atoms with Crippen LogP contribution >= 0.6 is 0 Å². The second kappa shape index (κ2) is 7.79.